The number of hydrogen-bond acceptors (Lipinski definition) is 4. The highest BCUT2D eigenvalue weighted by atomic mass is 16.6. The number of nitro benzene ring substituents is 1. The van der Waals surface area contributed by atoms with Crippen molar-refractivity contribution in [1.29, 1.82) is 5.26 Å². The summed E-state index contributed by atoms with van der Waals surface area (Å²) in [5.41, 5.74) is 1.06. The van der Waals surface area contributed by atoms with Gasteiger partial charge in [0.1, 0.15) is 12.4 Å². The summed E-state index contributed by atoms with van der Waals surface area (Å²) in [5.74, 6) is 0.503. The number of nitro groups is 1. The van der Waals surface area contributed by atoms with Gasteiger partial charge in [-0.2, -0.15) is 5.26 Å². The Kier molecular flexibility index (Phi) is 6.28. The van der Waals surface area contributed by atoms with Crippen LogP contribution in [0.1, 0.15) is 12.5 Å². The average Bonchev–Trinajstić information content (AvgIpc) is 2.47. The minimum Gasteiger partial charge on any atom is -0.489 e. The Balaban J connectivity index is 0.000000612. The summed E-state index contributed by atoms with van der Waals surface area (Å²) < 4.78 is 5.48. The summed E-state index contributed by atoms with van der Waals surface area (Å²) in [6.45, 7) is 1.84. The number of non-ortho nitro benzene ring substituents is 1. The van der Waals surface area contributed by atoms with Crippen molar-refractivity contribution in [3.8, 4) is 11.8 Å². The molecule has 0 unspecified atom stereocenters. The molecule has 0 atom stereocenters. The zero-order valence-electron chi connectivity index (χ0n) is 11.0. The van der Waals surface area contributed by atoms with Crippen LogP contribution in [0.5, 0.6) is 5.75 Å². The van der Waals surface area contributed by atoms with E-state index in [1.807, 2.05) is 30.3 Å². The molecule has 2 aromatic rings. The number of benzene rings is 2. The topological polar surface area (TPSA) is 76.2 Å². The van der Waals surface area contributed by atoms with Gasteiger partial charge in [0.05, 0.1) is 17.1 Å². The largest absolute Gasteiger partial charge is 0.489 e. The lowest BCUT2D eigenvalue weighted by atomic mass is 10.2. The molecule has 0 saturated heterocycles. The van der Waals surface area contributed by atoms with Crippen LogP contribution in [0.25, 0.3) is 0 Å². The Morgan fingerprint density at radius 1 is 1.20 bits per heavy atom. The molecular weight excluding hydrogens is 256 g/mol. The van der Waals surface area contributed by atoms with Crippen LogP contribution in [-0.2, 0) is 6.61 Å². The Bertz CT molecular complexity index is 592. The number of nitriles is 1. The van der Waals surface area contributed by atoms with Gasteiger partial charge >= 0.3 is 0 Å². The van der Waals surface area contributed by atoms with E-state index in [-0.39, 0.29) is 5.69 Å². The molecule has 0 radical (unpaired) electrons. The predicted molar refractivity (Wildman–Crippen MR) is 75.2 cm³/mol. The first kappa shape index (κ1) is 15.2. The van der Waals surface area contributed by atoms with Crippen LogP contribution >= 0.6 is 0 Å². The van der Waals surface area contributed by atoms with E-state index in [4.69, 9.17) is 10.00 Å². The van der Waals surface area contributed by atoms with Gasteiger partial charge in [0.15, 0.2) is 0 Å². The molecule has 2 aromatic carbocycles. The van der Waals surface area contributed by atoms with E-state index in [0.29, 0.717) is 12.4 Å². The van der Waals surface area contributed by atoms with Crippen LogP contribution in [0.2, 0.25) is 0 Å². The second kappa shape index (κ2) is 8.27. The fraction of sp³-hybridized carbons (Fsp3) is 0.133. The lowest BCUT2D eigenvalue weighted by molar-refractivity contribution is -0.384. The predicted octanol–water partition coefficient (Wildman–Crippen LogP) is 3.70. The molecule has 20 heavy (non-hydrogen) atoms. The molecule has 5 nitrogen and oxygen atoms in total. The average molecular weight is 270 g/mol. The number of nitrogens with zero attached hydrogens (tertiary/aromatic N) is 2. The second-order valence-electron chi connectivity index (χ2n) is 3.75. The van der Waals surface area contributed by atoms with Crippen molar-refractivity contribution in [2.24, 2.45) is 0 Å². The Morgan fingerprint density at radius 2 is 1.85 bits per heavy atom. The van der Waals surface area contributed by atoms with Gasteiger partial charge < -0.3 is 4.74 Å². The van der Waals surface area contributed by atoms with E-state index in [9.17, 15) is 10.1 Å². The monoisotopic (exact) mass is 270 g/mol. The molecule has 0 saturated carbocycles. The second-order valence-corrected chi connectivity index (χ2v) is 3.75. The molecule has 0 aliphatic rings. The summed E-state index contributed by atoms with van der Waals surface area (Å²) in [5, 5.41) is 17.9. The highest BCUT2D eigenvalue weighted by Crippen LogP contribution is 2.19. The molecule has 0 fully saturated rings. The third-order valence-corrected chi connectivity index (χ3v) is 2.28. The molecule has 0 aliphatic heterocycles. The zero-order valence-corrected chi connectivity index (χ0v) is 11.0. The van der Waals surface area contributed by atoms with Gasteiger partial charge in [-0.25, -0.2) is 0 Å². The van der Waals surface area contributed by atoms with Crippen molar-refractivity contribution < 1.29 is 9.66 Å². The maximum absolute atomic E-state index is 10.6. The van der Waals surface area contributed by atoms with Gasteiger partial charge in [0, 0.05) is 13.0 Å². The summed E-state index contributed by atoms with van der Waals surface area (Å²) in [4.78, 5) is 10.1. The molecule has 102 valence electrons. The van der Waals surface area contributed by atoms with Crippen LogP contribution in [0.15, 0.2) is 54.6 Å². The van der Waals surface area contributed by atoms with Crippen molar-refractivity contribution in [3.05, 3.63) is 70.3 Å². The maximum atomic E-state index is 10.6. The van der Waals surface area contributed by atoms with E-state index in [1.54, 1.807) is 18.2 Å². The van der Waals surface area contributed by atoms with E-state index < -0.39 is 4.92 Å². The normalized spacial score (nSPS) is 8.80. The van der Waals surface area contributed by atoms with Crippen LogP contribution in [-0.4, -0.2) is 4.92 Å². The van der Waals surface area contributed by atoms with Crippen LogP contribution in [0.4, 0.5) is 5.69 Å². The van der Waals surface area contributed by atoms with Crippen molar-refractivity contribution >= 4 is 5.69 Å². The van der Waals surface area contributed by atoms with Crippen molar-refractivity contribution in [1.82, 2.24) is 0 Å². The van der Waals surface area contributed by atoms with Crippen molar-refractivity contribution in [2.75, 3.05) is 0 Å². The van der Waals surface area contributed by atoms with Gasteiger partial charge in [0.2, 0.25) is 0 Å². The van der Waals surface area contributed by atoms with Crippen LogP contribution in [0, 0.1) is 21.4 Å². The molecule has 0 spiro atoms. The van der Waals surface area contributed by atoms with Gasteiger partial charge in [-0.15, -0.1) is 0 Å². The SMILES string of the molecule is CC#N.O=[N+]([O-])c1cccc(OCc2ccccc2)c1. The molecule has 0 amide bonds. The maximum Gasteiger partial charge on any atom is 0.273 e. The van der Waals surface area contributed by atoms with Crippen LogP contribution < -0.4 is 4.74 Å². The highest BCUT2D eigenvalue weighted by molar-refractivity contribution is 5.38. The fourth-order valence-electron chi connectivity index (χ4n) is 1.43. The first-order valence-corrected chi connectivity index (χ1v) is 5.89. The Labute approximate surface area is 117 Å². The van der Waals surface area contributed by atoms with Crippen molar-refractivity contribution in [3.63, 3.8) is 0 Å². The summed E-state index contributed by atoms with van der Waals surface area (Å²) >= 11 is 0. The summed E-state index contributed by atoms with van der Waals surface area (Å²) in [6, 6.07) is 17.6. The molecule has 0 aromatic heterocycles. The standard InChI is InChI=1S/C13H11NO3.C2H3N/c15-14(16)12-7-4-8-13(9-12)17-10-11-5-2-1-3-6-11;1-2-3/h1-9H,10H2;1H3. The number of ether oxygens (including phenoxy) is 1. The Morgan fingerprint density at radius 3 is 2.45 bits per heavy atom. The van der Waals surface area contributed by atoms with Crippen LogP contribution in [0.3, 0.4) is 0 Å². The lowest BCUT2D eigenvalue weighted by Gasteiger charge is -2.05. The van der Waals surface area contributed by atoms with Gasteiger partial charge in [0.25, 0.3) is 5.69 Å². The zero-order chi connectivity index (χ0) is 14.8. The number of rotatable bonds is 4. The molecule has 5 heteroatoms. The lowest BCUT2D eigenvalue weighted by Crippen LogP contribution is -1.95. The first-order valence-electron chi connectivity index (χ1n) is 5.89. The third-order valence-electron chi connectivity index (χ3n) is 2.28. The minimum atomic E-state index is -0.435. The smallest absolute Gasteiger partial charge is 0.273 e. The molecular formula is C15H14N2O3. The van der Waals surface area contributed by atoms with Gasteiger partial charge in [-0.1, -0.05) is 36.4 Å². The molecule has 0 N–H and O–H groups in total. The van der Waals surface area contributed by atoms with E-state index >= 15 is 0 Å². The van der Waals surface area contributed by atoms with E-state index in [0.717, 1.165) is 5.56 Å². The van der Waals surface area contributed by atoms with Gasteiger partial charge in [-0.3, -0.25) is 10.1 Å². The first-order chi connectivity index (χ1) is 9.67. The van der Waals surface area contributed by atoms with Gasteiger partial charge in [-0.05, 0) is 11.6 Å². The molecule has 0 heterocycles. The Hall–Kier alpha value is -2.87. The molecule has 0 bridgehead atoms. The van der Waals surface area contributed by atoms with E-state index in [1.165, 1.54) is 19.1 Å². The summed E-state index contributed by atoms with van der Waals surface area (Å²) in [6.07, 6.45) is 0. The quantitative estimate of drug-likeness (QED) is 0.627. The third kappa shape index (κ3) is 5.19. The summed E-state index contributed by atoms with van der Waals surface area (Å²) in [7, 11) is 0. The van der Waals surface area contributed by atoms with Crippen molar-refractivity contribution in [2.45, 2.75) is 13.5 Å². The molecule has 0 aliphatic carbocycles. The fourth-order valence-corrected chi connectivity index (χ4v) is 1.43. The highest BCUT2D eigenvalue weighted by Gasteiger charge is 2.06. The minimum absolute atomic E-state index is 0.0376. The van der Waals surface area contributed by atoms with E-state index in [2.05, 4.69) is 0 Å². The molecule has 2 rings (SSSR count). The number of hydrogen-bond donors (Lipinski definition) is 0.